The summed E-state index contributed by atoms with van der Waals surface area (Å²) >= 11 is 3.16. The lowest BCUT2D eigenvalue weighted by molar-refractivity contribution is -0.133. The van der Waals surface area contributed by atoms with Crippen LogP contribution in [0.25, 0.3) is 10.8 Å². The number of benzene rings is 2. The van der Waals surface area contributed by atoms with Crippen LogP contribution in [0.3, 0.4) is 0 Å². The summed E-state index contributed by atoms with van der Waals surface area (Å²) in [5.74, 6) is -0.608. The van der Waals surface area contributed by atoms with Crippen LogP contribution >= 0.6 is 15.9 Å². The first kappa shape index (κ1) is 17.7. The molecule has 8 heteroatoms. The Morgan fingerprint density at radius 1 is 1.15 bits per heavy atom. The number of hydrogen-bond acceptors (Lipinski definition) is 3. The van der Waals surface area contributed by atoms with E-state index in [1.807, 2.05) is 0 Å². The quantitative estimate of drug-likeness (QED) is 0.675. The number of H-pyrrole nitrogens is 1. The van der Waals surface area contributed by atoms with Crippen molar-refractivity contribution < 1.29 is 9.18 Å². The summed E-state index contributed by atoms with van der Waals surface area (Å²) in [7, 11) is 0. The van der Waals surface area contributed by atoms with Gasteiger partial charge in [0.25, 0.3) is 11.1 Å². The third-order valence-electron chi connectivity index (χ3n) is 4.78. The molecule has 1 aliphatic heterocycles. The Morgan fingerprint density at radius 3 is 2.67 bits per heavy atom. The second-order valence-electron chi connectivity index (χ2n) is 6.48. The van der Waals surface area contributed by atoms with Gasteiger partial charge in [0.05, 0.1) is 15.2 Å². The lowest BCUT2D eigenvalue weighted by Gasteiger charge is -2.29. The highest BCUT2D eigenvalue weighted by atomic mass is 79.9. The van der Waals surface area contributed by atoms with Crippen LogP contribution in [-0.4, -0.2) is 27.1 Å². The number of nitrogens with one attached hydrogen (secondary N) is 1. The second-order valence-corrected chi connectivity index (χ2v) is 7.33. The summed E-state index contributed by atoms with van der Waals surface area (Å²) in [4.78, 5) is 39.0. The molecule has 0 atom stereocenters. The predicted octanol–water partition coefficient (Wildman–Crippen LogP) is 2.18. The zero-order chi connectivity index (χ0) is 19.1. The van der Waals surface area contributed by atoms with Crippen LogP contribution in [0.1, 0.15) is 11.1 Å². The molecule has 0 bridgehead atoms. The average molecular weight is 432 g/mol. The maximum Gasteiger partial charge on any atom is 0.273 e. The van der Waals surface area contributed by atoms with Gasteiger partial charge in [-0.25, -0.2) is 9.07 Å². The Hall–Kier alpha value is -2.74. The molecule has 0 saturated carbocycles. The van der Waals surface area contributed by atoms with Crippen molar-refractivity contribution in [2.45, 2.75) is 19.5 Å². The van der Waals surface area contributed by atoms with Gasteiger partial charge in [-0.15, -0.1) is 0 Å². The maximum atomic E-state index is 13.7. The van der Waals surface area contributed by atoms with Gasteiger partial charge in [-0.05, 0) is 57.7 Å². The van der Waals surface area contributed by atoms with Gasteiger partial charge < -0.3 is 4.90 Å². The molecule has 1 aromatic heterocycles. The van der Waals surface area contributed by atoms with Crippen molar-refractivity contribution in [2.75, 3.05) is 6.54 Å². The first-order valence-corrected chi connectivity index (χ1v) is 9.20. The van der Waals surface area contributed by atoms with Gasteiger partial charge in [0.1, 0.15) is 12.4 Å². The Labute approximate surface area is 161 Å². The summed E-state index contributed by atoms with van der Waals surface area (Å²) in [5, 5.41) is 3.04. The summed E-state index contributed by atoms with van der Waals surface area (Å²) in [6, 6.07) is 9.64. The molecule has 3 aromatic rings. The summed E-state index contributed by atoms with van der Waals surface area (Å²) < 4.78 is 15.1. The lowest BCUT2D eigenvalue weighted by Crippen LogP contribution is -2.41. The van der Waals surface area contributed by atoms with E-state index in [-0.39, 0.29) is 23.7 Å². The number of aromatic amines is 1. The van der Waals surface area contributed by atoms with Gasteiger partial charge in [-0.2, -0.15) is 0 Å². The van der Waals surface area contributed by atoms with E-state index in [0.29, 0.717) is 29.4 Å². The average Bonchev–Trinajstić information content (AvgIpc) is 2.66. The maximum absolute atomic E-state index is 13.7. The van der Waals surface area contributed by atoms with Crippen molar-refractivity contribution in [3.05, 3.63) is 78.5 Å². The highest BCUT2D eigenvalue weighted by Gasteiger charge is 2.23. The van der Waals surface area contributed by atoms with Gasteiger partial charge in [0.2, 0.25) is 5.91 Å². The number of aromatic nitrogens is 2. The van der Waals surface area contributed by atoms with Crippen LogP contribution in [0, 0.1) is 5.82 Å². The first-order valence-electron chi connectivity index (χ1n) is 8.40. The van der Waals surface area contributed by atoms with E-state index in [1.54, 1.807) is 35.2 Å². The van der Waals surface area contributed by atoms with Gasteiger partial charge in [0.15, 0.2) is 0 Å². The van der Waals surface area contributed by atoms with E-state index in [1.165, 1.54) is 6.07 Å². The Morgan fingerprint density at radius 2 is 1.89 bits per heavy atom. The molecule has 1 aliphatic rings. The van der Waals surface area contributed by atoms with Crippen LogP contribution < -0.4 is 11.1 Å². The van der Waals surface area contributed by atoms with Crippen LogP contribution in [-0.2, 0) is 24.3 Å². The van der Waals surface area contributed by atoms with E-state index in [9.17, 15) is 18.8 Å². The second kappa shape index (κ2) is 6.77. The summed E-state index contributed by atoms with van der Waals surface area (Å²) in [5.41, 5.74) is 0.903. The largest absolute Gasteiger partial charge is 0.336 e. The predicted molar refractivity (Wildman–Crippen MR) is 102 cm³/mol. The lowest BCUT2D eigenvalue weighted by atomic mass is 9.99. The molecule has 4 rings (SSSR count). The number of fused-ring (bicyclic) bond motifs is 2. The van der Waals surface area contributed by atoms with Crippen LogP contribution in [0.15, 0.2) is 50.5 Å². The molecule has 138 valence electrons. The molecule has 0 unspecified atom stereocenters. The van der Waals surface area contributed by atoms with Crippen LogP contribution in [0.5, 0.6) is 0 Å². The Bertz CT molecular complexity index is 1190. The van der Waals surface area contributed by atoms with Gasteiger partial charge >= 0.3 is 0 Å². The normalized spacial score (nSPS) is 13.6. The topological polar surface area (TPSA) is 75.2 Å². The van der Waals surface area contributed by atoms with E-state index in [2.05, 4.69) is 21.0 Å². The molecular formula is C19H15BrFN3O3. The SMILES string of the molecule is O=C(Cn1[nH]c(=O)c2ccccc2c1=O)N1CCc2cc(F)c(Br)cc2C1. The number of carbonyl (C=O) groups excluding carboxylic acids is 1. The molecule has 0 saturated heterocycles. The van der Waals surface area contributed by atoms with Crippen LogP contribution in [0.2, 0.25) is 0 Å². The highest BCUT2D eigenvalue weighted by Crippen LogP contribution is 2.25. The number of nitrogens with zero attached hydrogens (tertiary/aromatic N) is 2. The first-order chi connectivity index (χ1) is 12.9. The number of hydrogen-bond donors (Lipinski definition) is 1. The molecule has 2 heterocycles. The highest BCUT2D eigenvalue weighted by molar-refractivity contribution is 9.10. The zero-order valence-electron chi connectivity index (χ0n) is 14.2. The summed E-state index contributed by atoms with van der Waals surface area (Å²) in [6.45, 7) is 0.510. The molecular weight excluding hydrogens is 417 g/mol. The molecule has 1 N–H and O–H groups in total. The standard InChI is InChI=1S/C19H15BrFN3O3/c20-15-7-12-9-23(6-5-11(12)8-16(15)21)17(25)10-24-19(27)14-4-2-1-3-13(14)18(26)22-24/h1-4,7-8H,5-6,9-10H2,(H,22,26). The van der Waals surface area contributed by atoms with E-state index in [0.717, 1.165) is 15.8 Å². The molecule has 6 nitrogen and oxygen atoms in total. The van der Waals surface area contributed by atoms with Crippen molar-refractivity contribution in [1.29, 1.82) is 0 Å². The monoisotopic (exact) mass is 431 g/mol. The number of halogens is 2. The van der Waals surface area contributed by atoms with Crippen molar-refractivity contribution in [3.8, 4) is 0 Å². The van der Waals surface area contributed by atoms with Crippen molar-refractivity contribution in [3.63, 3.8) is 0 Å². The number of amides is 1. The molecule has 0 fully saturated rings. The van der Waals surface area contributed by atoms with E-state index < -0.39 is 11.1 Å². The van der Waals surface area contributed by atoms with Crippen LogP contribution in [0.4, 0.5) is 4.39 Å². The Kier molecular flexibility index (Phi) is 4.43. The smallest absolute Gasteiger partial charge is 0.273 e. The molecule has 27 heavy (non-hydrogen) atoms. The van der Waals surface area contributed by atoms with E-state index in [4.69, 9.17) is 0 Å². The van der Waals surface area contributed by atoms with Gasteiger partial charge in [-0.3, -0.25) is 19.5 Å². The molecule has 0 spiro atoms. The molecule has 0 aliphatic carbocycles. The number of carbonyl (C=O) groups is 1. The fraction of sp³-hybridized carbons (Fsp3) is 0.211. The van der Waals surface area contributed by atoms with Crippen molar-refractivity contribution in [1.82, 2.24) is 14.7 Å². The van der Waals surface area contributed by atoms with Gasteiger partial charge in [0, 0.05) is 13.1 Å². The fourth-order valence-corrected chi connectivity index (χ4v) is 3.75. The Balaban J connectivity index is 1.61. The summed E-state index contributed by atoms with van der Waals surface area (Å²) in [6.07, 6.45) is 0.536. The third-order valence-corrected chi connectivity index (χ3v) is 5.39. The minimum atomic E-state index is -0.416. The minimum Gasteiger partial charge on any atom is -0.336 e. The molecule has 1 amide bonds. The fourth-order valence-electron chi connectivity index (χ4n) is 3.36. The molecule has 0 radical (unpaired) electrons. The third kappa shape index (κ3) is 3.21. The molecule has 2 aromatic carbocycles. The van der Waals surface area contributed by atoms with E-state index >= 15 is 0 Å². The zero-order valence-corrected chi connectivity index (χ0v) is 15.8. The minimum absolute atomic E-state index is 0.253. The number of rotatable bonds is 2. The van der Waals surface area contributed by atoms with Crippen molar-refractivity contribution in [2.24, 2.45) is 0 Å². The van der Waals surface area contributed by atoms with Gasteiger partial charge in [-0.1, -0.05) is 12.1 Å². The van der Waals surface area contributed by atoms with Crippen molar-refractivity contribution >= 4 is 32.6 Å².